The molecule has 0 spiro atoms. The van der Waals surface area contributed by atoms with E-state index in [2.05, 4.69) is 16.0 Å². The number of rotatable bonds is 12. The van der Waals surface area contributed by atoms with Crippen LogP contribution in [0, 0.1) is 5.82 Å². The Labute approximate surface area is 254 Å². The molecule has 1 saturated heterocycles. The Morgan fingerprint density at radius 1 is 1.02 bits per heavy atom. The second kappa shape index (κ2) is 13.8. The lowest BCUT2D eigenvalue weighted by Gasteiger charge is -2.32. The molecule has 44 heavy (non-hydrogen) atoms. The van der Waals surface area contributed by atoms with Gasteiger partial charge in [-0.25, -0.2) is 4.39 Å². The van der Waals surface area contributed by atoms with Crippen LogP contribution < -0.4 is 20.9 Å². The highest BCUT2D eigenvalue weighted by molar-refractivity contribution is 6.00. The van der Waals surface area contributed by atoms with E-state index in [1.807, 2.05) is 37.3 Å². The summed E-state index contributed by atoms with van der Waals surface area (Å²) in [5.41, 5.74) is -0.363. The van der Waals surface area contributed by atoms with Crippen molar-refractivity contribution in [3.8, 4) is 0 Å². The van der Waals surface area contributed by atoms with Gasteiger partial charge in [0.25, 0.3) is 5.91 Å². The molecule has 1 aliphatic rings. The van der Waals surface area contributed by atoms with Crippen LogP contribution in [0.25, 0.3) is 0 Å². The van der Waals surface area contributed by atoms with Gasteiger partial charge >= 0.3 is 6.18 Å². The molecule has 3 aromatic carbocycles. The number of hydrogen-bond acceptors (Lipinski definition) is 5. The average Bonchev–Trinajstić information content (AvgIpc) is 3.42. The first-order chi connectivity index (χ1) is 20.8. The van der Waals surface area contributed by atoms with Gasteiger partial charge < -0.3 is 26.0 Å². The minimum Gasteiger partial charge on any atom is -0.390 e. The molecule has 0 radical (unpaired) electrons. The molecule has 7 nitrogen and oxygen atoms in total. The van der Waals surface area contributed by atoms with Crippen molar-refractivity contribution in [3.63, 3.8) is 0 Å². The third kappa shape index (κ3) is 7.95. The van der Waals surface area contributed by atoms with Crippen molar-refractivity contribution >= 4 is 23.2 Å². The minimum absolute atomic E-state index is 0.0146. The first kappa shape index (κ1) is 32.9. The van der Waals surface area contributed by atoms with Crippen LogP contribution in [0.15, 0.2) is 66.7 Å². The van der Waals surface area contributed by atoms with Gasteiger partial charge in [0.1, 0.15) is 0 Å². The van der Waals surface area contributed by atoms with E-state index < -0.39 is 41.1 Å². The Kier molecular flexibility index (Phi) is 10.3. The van der Waals surface area contributed by atoms with Crippen LogP contribution in [0.2, 0.25) is 0 Å². The lowest BCUT2D eigenvalue weighted by Crippen LogP contribution is -2.51. The van der Waals surface area contributed by atoms with E-state index in [0.29, 0.717) is 37.2 Å². The fourth-order valence-corrected chi connectivity index (χ4v) is 5.27. The zero-order valence-corrected chi connectivity index (χ0v) is 25.0. The molecule has 0 unspecified atom stereocenters. The molecule has 0 bridgehead atoms. The highest BCUT2D eigenvalue weighted by Gasteiger charge is 2.33. The van der Waals surface area contributed by atoms with E-state index in [-0.39, 0.29) is 30.1 Å². The molecule has 2 atom stereocenters. The zero-order valence-electron chi connectivity index (χ0n) is 25.0. The number of alkyl halides is 3. The molecule has 1 heterocycles. The van der Waals surface area contributed by atoms with E-state index in [4.69, 9.17) is 0 Å². The highest BCUT2D eigenvalue weighted by atomic mass is 19.4. The van der Waals surface area contributed by atoms with Crippen LogP contribution in [-0.4, -0.2) is 48.7 Å². The number of aliphatic hydroxyl groups is 1. The van der Waals surface area contributed by atoms with E-state index in [1.54, 1.807) is 19.9 Å². The number of anilines is 2. The molecule has 4 N–H and O–H groups in total. The van der Waals surface area contributed by atoms with Crippen molar-refractivity contribution in [2.24, 2.45) is 0 Å². The number of carbonyl (C=O) groups excluding carboxylic acids is 2. The van der Waals surface area contributed by atoms with Gasteiger partial charge in [-0.05, 0) is 69.0 Å². The van der Waals surface area contributed by atoms with E-state index in [1.165, 1.54) is 23.1 Å². The van der Waals surface area contributed by atoms with Crippen LogP contribution in [-0.2, 0) is 22.9 Å². The molecule has 11 heteroatoms. The van der Waals surface area contributed by atoms with Gasteiger partial charge in [-0.15, -0.1) is 0 Å². The number of halogens is 4. The maximum Gasteiger partial charge on any atom is 0.416 e. The minimum atomic E-state index is -4.50. The number of benzene rings is 3. The van der Waals surface area contributed by atoms with Crippen molar-refractivity contribution in [1.29, 1.82) is 0 Å². The van der Waals surface area contributed by atoms with E-state index in [9.17, 15) is 27.9 Å². The maximum absolute atomic E-state index is 15.8. The number of amides is 2. The summed E-state index contributed by atoms with van der Waals surface area (Å²) in [7, 11) is 0. The first-order valence-electron chi connectivity index (χ1n) is 14.6. The van der Waals surface area contributed by atoms with Gasteiger partial charge in [-0.3, -0.25) is 9.59 Å². The van der Waals surface area contributed by atoms with Crippen molar-refractivity contribution in [1.82, 2.24) is 10.6 Å². The van der Waals surface area contributed by atoms with Crippen LogP contribution in [0.4, 0.5) is 28.9 Å². The molecule has 4 rings (SSSR count). The smallest absolute Gasteiger partial charge is 0.390 e. The van der Waals surface area contributed by atoms with Crippen molar-refractivity contribution < 1.29 is 32.3 Å². The SMILES string of the molecule is CCNc1cc(C(=O)N[C@@H](Cc2ccccc2)[C@@H](O)CNC(C)(C)c2cccc(C(F)(F)F)c2)c(F)c(N2CCCC2=O)c1. The molecular formula is C33H38F4N4O3. The molecule has 3 aromatic rings. The van der Waals surface area contributed by atoms with Crippen molar-refractivity contribution in [3.05, 3.63) is 94.8 Å². The molecule has 1 aliphatic heterocycles. The van der Waals surface area contributed by atoms with Crippen molar-refractivity contribution in [2.75, 3.05) is 29.9 Å². The Morgan fingerprint density at radius 3 is 2.36 bits per heavy atom. The highest BCUT2D eigenvalue weighted by Crippen LogP contribution is 2.33. The largest absolute Gasteiger partial charge is 0.416 e. The first-order valence-corrected chi connectivity index (χ1v) is 14.6. The third-order valence-corrected chi connectivity index (χ3v) is 7.79. The molecule has 0 saturated carbocycles. The summed E-state index contributed by atoms with van der Waals surface area (Å²) >= 11 is 0. The summed E-state index contributed by atoms with van der Waals surface area (Å²) < 4.78 is 55.8. The number of hydrogen-bond donors (Lipinski definition) is 4. The number of nitrogens with one attached hydrogen (secondary N) is 3. The fourth-order valence-electron chi connectivity index (χ4n) is 5.27. The number of carbonyl (C=O) groups is 2. The standard InChI is InChI=1S/C33H38F4N4O3/c1-4-38-24-18-25(30(34)27(19-24)41-15-9-14-29(41)43)31(44)40-26(16-21-10-6-5-7-11-21)28(42)20-39-32(2,3)22-12-8-13-23(17-22)33(35,36)37/h5-8,10-13,17-19,26,28,38-39,42H,4,9,14-16,20H2,1-3H3,(H,40,44)/t26-,28-/m0/s1. The maximum atomic E-state index is 15.8. The summed E-state index contributed by atoms with van der Waals surface area (Å²) in [6.07, 6.45) is -4.63. The Balaban J connectivity index is 1.58. The van der Waals surface area contributed by atoms with Crippen LogP contribution in [0.3, 0.4) is 0 Å². The summed E-state index contributed by atoms with van der Waals surface area (Å²) in [5, 5.41) is 20.3. The lowest BCUT2D eigenvalue weighted by molar-refractivity contribution is -0.137. The quantitative estimate of drug-likeness (QED) is 0.199. The summed E-state index contributed by atoms with van der Waals surface area (Å²) in [5.74, 6) is -1.83. The van der Waals surface area contributed by atoms with Crippen LogP contribution in [0.5, 0.6) is 0 Å². The predicted octanol–water partition coefficient (Wildman–Crippen LogP) is 5.63. The number of aliphatic hydroxyl groups excluding tert-OH is 1. The average molecular weight is 615 g/mol. The molecule has 0 aromatic heterocycles. The number of nitrogens with zero attached hydrogens (tertiary/aromatic N) is 1. The normalized spacial score (nSPS) is 15.3. The molecular weight excluding hydrogens is 576 g/mol. The molecule has 0 aliphatic carbocycles. The summed E-state index contributed by atoms with van der Waals surface area (Å²) in [6.45, 7) is 6.00. The Hall–Kier alpha value is -3.96. The summed E-state index contributed by atoms with van der Waals surface area (Å²) in [6, 6.07) is 16.1. The predicted molar refractivity (Wildman–Crippen MR) is 162 cm³/mol. The van der Waals surface area contributed by atoms with Gasteiger partial charge in [0.05, 0.1) is 29.0 Å². The monoisotopic (exact) mass is 614 g/mol. The van der Waals surface area contributed by atoms with Gasteiger partial charge in [-0.2, -0.15) is 13.2 Å². The summed E-state index contributed by atoms with van der Waals surface area (Å²) in [4.78, 5) is 27.4. The van der Waals surface area contributed by atoms with Gasteiger partial charge in [0, 0.05) is 37.3 Å². The molecule has 236 valence electrons. The Bertz CT molecular complexity index is 1460. The molecule has 1 fully saturated rings. The lowest BCUT2D eigenvalue weighted by atomic mass is 9.92. The fraction of sp³-hybridized carbons (Fsp3) is 0.394. The second-order valence-corrected chi connectivity index (χ2v) is 11.5. The van der Waals surface area contributed by atoms with Gasteiger partial charge in [-0.1, -0.05) is 42.5 Å². The topological polar surface area (TPSA) is 93.7 Å². The van der Waals surface area contributed by atoms with Gasteiger partial charge in [0.2, 0.25) is 5.91 Å². The van der Waals surface area contributed by atoms with E-state index >= 15 is 4.39 Å². The van der Waals surface area contributed by atoms with Crippen molar-refractivity contribution in [2.45, 2.75) is 63.9 Å². The molecule has 2 amide bonds. The second-order valence-electron chi connectivity index (χ2n) is 11.5. The van der Waals surface area contributed by atoms with Gasteiger partial charge in [0.15, 0.2) is 5.82 Å². The third-order valence-electron chi connectivity index (χ3n) is 7.79. The van der Waals surface area contributed by atoms with Crippen LogP contribution in [0.1, 0.15) is 60.7 Å². The van der Waals surface area contributed by atoms with Crippen LogP contribution >= 0.6 is 0 Å². The zero-order chi connectivity index (χ0) is 32.1. The van der Waals surface area contributed by atoms with E-state index in [0.717, 1.165) is 17.7 Å². The Morgan fingerprint density at radius 2 is 1.73 bits per heavy atom.